The summed E-state index contributed by atoms with van der Waals surface area (Å²) < 4.78 is 22.5. The zero-order chi connectivity index (χ0) is 17.9. The van der Waals surface area contributed by atoms with E-state index in [1.807, 2.05) is 0 Å². The van der Waals surface area contributed by atoms with E-state index in [-0.39, 0.29) is 16.7 Å². The summed E-state index contributed by atoms with van der Waals surface area (Å²) in [4.78, 5) is 12.7. The highest BCUT2D eigenvalue weighted by molar-refractivity contribution is 7.89. The fourth-order valence-corrected chi connectivity index (χ4v) is 4.14. The highest BCUT2D eigenvalue weighted by atomic mass is 32.2. The van der Waals surface area contributed by atoms with Crippen molar-refractivity contribution < 1.29 is 13.2 Å². The lowest BCUT2D eigenvalue weighted by molar-refractivity contribution is -0.129. The summed E-state index contributed by atoms with van der Waals surface area (Å²) in [6.07, 6.45) is 3.25. The van der Waals surface area contributed by atoms with Gasteiger partial charge < -0.3 is 5.32 Å². The van der Waals surface area contributed by atoms with Crippen molar-refractivity contribution >= 4 is 15.9 Å². The molecule has 2 rings (SSSR count). The second kappa shape index (κ2) is 7.66. The lowest BCUT2D eigenvalue weighted by Gasteiger charge is -2.36. The summed E-state index contributed by atoms with van der Waals surface area (Å²) in [5, 5.41) is 8.10. The van der Waals surface area contributed by atoms with Crippen LogP contribution in [0, 0.1) is 23.7 Å². The van der Waals surface area contributed by atoms with Gasteiger partial charge in [0.15, 0.2) is 0 Å². The fourth-order valence-electron chi connectivity index (χ4n) is 3.62. The standard InChI is InChI=1S/C18H28N2O3S/c1-12(2)16-9-4-13(3)10-17(16)18(21)20-11-14-5-7-15(8-6-14)24(19,22)23/h5-8,12-13,16-17H,4,9-11H2,1-3H3,(H,20,21)(H2,19,22,23)/t13-,16+,17-/m1/s1. The number of carbonyl (C=O) groups is 1. The maximum Gasteiger partial charge on any atom is 0.238 e. The molecule has 24 heavy (non-hydrogen) atoms. The third-order valence-corrected chi connectivity index (χ3v) is 6.01. The molecule has 3 N–H and O–H groups in total. The molecule has 5 nitrogen and oxygen atoms in total. The first-order valence-corrected chi connectivity index (χ1v) is 10.1. The predicted octanol–water partition coefficient (Wildman–Crippen LogP) is 2.66. The van der Waals surface area contributed by atoms with Crippen LogP contribution in [0.4, 0.5) is 0 Å². The number of nitrogens with two attached hydrogens (primary N) is 1. The highest BCUT2D eigenvalue weighted by Gasteiger charge is 2.35. The Morgan fingerprint density at radius 2 is 1.88 bits per heavy atom. The molecule has 0 aliphatic heterocycles. The highest BCUT2D eigenvalue weighted by Crippen LogP contribution is 2.38. The van der Waals surface area contributed by atoms with Gasteiger partial charge >= 0.3 is 0 Å². The van der Waals surface area contributed by atoms with Crippen LogP contribution in [0.5, 0.6) is 0 Å². The molecule has 1 saturated carbocycles. The van der Waals surface area contributed by atoms with Crippen LogP contribution in [-0.2, 0) is 21.4 Å². The van der Waals surface area contributed by atoms with Crippen molar-refractivity contribution in [1.29, 1.82) is 0 Å². The Labute approximate surface area is 145 Å². The second-order valence-corrected chi connectivity index (χ2v) is 8.90. The monoisotopic (exact) mass is 352 g/mol. The van der Waals surface area contributed by atoms with Crippen molar-refractivity contribution in [2.75, 3.05) is 0 Å². The van der Waals surface area contributed by atoms with Gasteiger partial charge in [-0.1, -0.05) is 39.3 Å². The van der Waals surface area contributed by atoms with E-state index in [4.69, 9.17) is 5.14 Å². The normalized spacial score (nSPS) is 24.8. The molecule has 1 aliphatic carbocycles. The molecule has 1 aromatic carbocycles. The summed E-state index contributed by atoms with van der Waals surface area (Å²) in [7, 11) is -3.68. The van der Waals surface area contributed by atoms with Gasteiger partial charge in [-0.15, -0.1) is 0 Å². The van der Waals surface area contributed by atoms with E-state index in [2.05, 4.69) is 26.1 Å². The van der Waals surface area contributed by atoms with Gasteiger partial charge in [0.05, 0.1) is 4.90 Å². The van der Waals surface area contributed by atoms with Gasteiger partial charge in [-0.05, 0) is 48.3 Å². The van der Waals surface area contributed by atoms with E-state index in [1.54, 1.807) is 12.1 Å². The van der Waals surface area contributed by atoms with Crippen molar-refractivity contribution in [3.05, 3.63) is 29.8 Å². The smallest absolute Gasteiger partial charge is 0.238 e. The summed E-state index contributed by atoms with van der Waals surface area (Å²) >= 11 is 0. The predicted molar refractivity (Wildman–Crippen MR) is 94.5 cm³/mol. The lowest BCUT2D eigenvalue weighted by atomic mass is 9.70. The quantitative estimate of drug-likeness (QED) is 0.854. The molecule has 134 valence electrons. The van der Waals surface area contributed by atoms with Gasteiger partial charge in [0.25, 0.3) is 0 Å². The van der Waals surface area contributed by atoms with Crippen molar-refractivity contribution in [3.8, 4) is 0 Å². The Kier molecular flexibility index (Phi) is 6.04. The van der Waals surface area contributed by atoms with Gasteiger partial charge in [0.1, 0.15) is 0 Å². The number of nitrogens with one attached hydrogen (secondary N) is 1. The molecule has 0 radical (unpaired) electrons. The van der Waals surface area contributed by atoms with Crippen LogP contribution in [0.2, 0.25) is 0 Å². The third kappa shape index (κ3) is 4.80. The molecule has 1 aromatic rings. The van der Waals surface area contributed by atoms with Crippen LogP contribution >= 0.6 is 0 Å². The molecule has 1 aliphatic rings. The van der Waals surface area contributed by atoms with Gasteiger partial charge in [-0.25, -0.2) is 13.6 Å². The Hall–Kier alpha value is -1.40. The first kappa shape index (κ1) is 18.9. The largest absolute Gasteiger partial charge is 0.352 e. The van der Waals surface area contributed by atoms with Crippen LogP contribution in [0.3, 0.4) is 0 Å². The van der Waals surface area contributed by atoms with Gasteiger partial charge in [0.2, 0.25) is 15.9 Å². The molecular weight excluding hydrogens is 324 g/mol. The minimum Gasteiger partial charge on any atom is -0.352 e. The zero-order valence-corrected chi connectivity index (χ0v) is 15.5. The van der Waals surface area contributed by atoms with Crippen LogP contribution < -0.4 is 10.5 Å². The average Bonchev–Trinajstić information content (AvgIpc) is 2.51. The second-order valence-electron chi connectivity index (χ2n) is 7.34. The molecule has 0 spiro atoms. The summed E-state index contributed by atoms with van der Waals surface area (Å²) in [6, 6.07) is 6.31. The average molecular weight is 353 g/mol. The maximum absolute atomic E-state index is 12.6. The number of benzene rings is 1. The Morgan fingerprint density at radius 1 is 1.25 bits per heavy atom. The van der Waals surface area contributed by atoms with Crippen LogP contribution in [0.1, 0.15) is 45.6 Å². The lowest BCUT2D eigenvalue weighted by Crippen LogP contribution is -2.39. The topological polar surface area (TPSA) is 89.3 Å². The van der Waals surface area contributed by atoms with E-state index in [0.29, 0.717) is 24.3 Å². The van der Waals surface area contributed by atoms with E-state index in [9.17, 15) is 13.2 Å². The maximum atomic E-state index is 12.6. The molecule has 1 fully saturated rings. The summed E-state index contributed by atoms with van der Waals surface area (Å²) in [6.45, 7) is 6.99. The van der Waals surface area contributed by atoms with Crippen molar-refractivity contribution in [2.24, 2.45) is 28.8 Å². The third-order valence-electron chi connectivity index (χ3n) is 5.08. The summed E-state index contributed by atoms with van der Waals surface area (Å²) in [5.74, 6) is 1.70. The molecule has 0 saturated heterocycles. The first-order chi connectivity index (χ1) is 11.2. The minimum atomic E-state index is -3.68. The molecule has 0 unspecified atom stereocenters. The molecule has 3 atom stereocenters. The Morgan fingerprint density at radius 3 is 2.42 bits per heavy atom. The van der Waals surface area contributed by atoms with Crippen LogP contribution in [-0.4, -0.2) is 14.3 Å². The number of hydrogen-bond acceptors (Lipinski definition) is 3. The molecular formula is C18H28N2O3S. The van der Waals surface area contributed by atoms with Gasteiger partial charge in [0, 0.05) is 12.5 Å². The van der Waals surface area contributed by atoms with Crippen molar-refractivity contribution in [2.45, 2.75) is 51.5 Å². The first-order valence-electron chi connectivity index (χ1n) is 8.58. The zero-order valence-electron chi connectivity index (χ0n) is 14.7. The molecule has 0 aromatic heterocycles. The number of rotatable bonds is 5. The van der Waals surface area contributed by atoms with E-state index < -0.39 is 10.0 Å². The van der Waals surface area contributed by atoms with Gasteiger partial charge in [-0.3, -0.25) is 4.79 Å². The number of amides is 1. The van der Waals surface area contributed by atoms with Crippen molar-refractivity contribution in [1.82, 2.24) is 5.32 Å². The fraction of sp³-hybridized carbons (Fsp3) is 0.611. The van der Waals surface area contributed by atoms with E-state index >= 15 is 0 Å². The van der Waals surface area contributed by atoms with Crippen molar-refractivity contribution in [3.63, 3.8) is 0 Å². The van der Waals surface area contributed by atoms with Gasteiger partial charge in [-0.2, -0.15) is 0 Å². The molecule has 0 heterocycles. The Bertz CT molecular complexity index is 668. The molecule has 1 amide bonds. The van der Waals surface area contributed by atoms with E-state index in [1.165, 1.54) is 18.6 Å². The summed E-state index contributed by atoms with van der Waals surface area (Å²) in [5.41, 5.74) is 0.862. The minimum absolute atomic E-state index is 0.0671. The SMILES string of the molecule is CC(C)[C@@H]1CC[C@@H](C)C[C@H]1C(=O)NCc1ccc(S(N)(=O)=O)cc1. The van der Waals surface area contributed by atoms with Crippen LogP contribution in [0.25, 0.3) is 0 Å². The number of primary sulfonamides is 1. The number of sulfonamides is 1. The number of hydrogen-bond donors (Lipinski definition) is 2. The van der Waals surface area contributed by atoms with Crippen LogP contribution in [0.15, 0.2) is 29.2 Å². The van der Waals surface area contributed by atoms with E-state index in [0.717, 1.165) is 18.4 Å². The Balaban J connectivity index is 1.98. The number of carbonyl (C=O) groups excluding carboxylic acids is 1. The molecule has 6 heteroatoms. The molecule has 0 bridgehead atoms.